The number of rotatable bonds is 12. The Labute approximate surface area is 166 Å². The first kappa shape index (κ1) is 20.6. The normalized spacial score (nSPS) is 12.3. The summed E-state index contributed by atoms with van der Waals surface area (Å²) in [5.41, 5.74) is 0. The molecule has 0 fully saturated rings. The van der Waals surface area contributed by atoms with E-state index in [9.17, 15) is 0 Å². The van der Waals surface area contributed by atoms with Gasteiger partial charge in [-0.25, -0.2) is 0 Å². The van der Waals surface area contributed by atoms with Crippen molar-refractivity contribution >= 4 is 52.8 Å². The average molecular weight is 471 g/mol. The van der Waals surface area contributed by atoms with E-state index >= 15 is 0 Å². The molecular weight excluding hydrogens is 439 g/mol. The van der Waals surface area contributed by atoms with Crippen molar-refractivity contribution in [3.05, 3.63) is 11.7 Å². The zero-order chi connectivity index (χ0) is 17.4. The number of imidazole rings is 1. The predicted molar refractivity (Wildman–Crippen MR) is 112 cm³/mol. The zero-order valence-electron chi connectivity index (χ0n) is 15.7. The van der Waals surface area contributed by atoms with Gasteiger partial charge in [-0.05, 0) is 0 Å². The maximum absolute atomic E-state index is 4.61. The quantitative estimate of drug-likeness (QED) is 0.272. The molecule has 0 atom stereocenters. The summed E-state index contributed by atoms with van der Waals surface area (Å²) in [5.74, 6) is 0. The van der Waals surface area contributed by atoms with Gasteiger partial charge in [0.2, 0.25) is 0 Å². The van der Waals surface area contributed by atoms with Crippen LogP contribution in [-0.4, -0.2) is 36.8 Å². The Bertz CT molecular complexity index is 584. The van der Waals surface area contributed by atoms with Crippen LogP contribution in [0.2, 0.25) is 3.43 Å². The van der Waals surface area contributed by atoms with Crippen molar-refractivity contribution in [2.75, 3.05) is 6.26 Å². The first-order valence-corrected chi connectivity index (χ1v) is 14.4. The third-order valence-corrected chi connectivity index (χ3v) is 12.7. The number of thioether (sulfide) groups is 1. The average Bonchev–Trinajstić information content (AvgIpc) is 3.18. The molecule has 2 heterocycles. The summed E-state index contributed by atoms with van der Waals surface area (Å²) in [6, 6.07) is 0. The van der Waals surface area contributed by atoms with Gasteiger partial charge in [-0.3, -0.25) is 0 Å². The first-order chi connectivity index (χ1) is 11.7. The van der Waals surface area contributed by atoms with Crippen molar-refractivity contribution < 1.29 is 0 Å². The minimum absolute atomic E-state index is 0.656. The number of fused-ring (bicyclic) bond motifs is 1. The summed E-state index contributed by atoms with van der Waals surface area (Å²) in [4.78, 5) is 5.98. The molecule has 0 spiro atoms. The molecule has 0 unspecified atom stereocenters. The molecule has 2 aromatic rings. The summed E-state index contributed by atoms with van der Waals surface area (Å²) in [6.45, 7) is 7.04. The number of nitrogens with zero attached hydrogens (tertiary/aromatic N) is 2. The number of thiazole rings is 1. The monoisotopic (exact) mass is 472 g/mol. The fraction of sp³-hybridized carbons (Fsp3) is 0.737. The van der Waals surface area contributed by atoms with Crippen molar-refractivity contribution in [3.63, 3.8) is 0 Å². The van der Waals surface area contributed by atoms with Gasteiger partial charge in [0.15, 0.2) is 0 Å². The summed E-state index contributed by atoms with van der Waals surface area (Å²) in [7, 11) is 0. The molecule has 2 radical (unpaired) electrons. The van der Waals surface area contributed by atoms with E-state index < -0.39 is 21.1 Å². The second-order valence-electron chi connectivity index (χ2n) is 6.77. The second-order valence-corrected chi connectivity index (χ2v) is 13.6. The van der Waals surface area contributed by atoms with Gasteiger partial charge in [0.1, 0.15) is 0 Å². The fourth-order valence-corrected chi connectivity index (χ4v) is 11.2. The molecule has 134 valence electrons. The van der Waals surface area contributed by atoms with Crippen LogP contribution in [0.1, 0.15) is 78.6 Å². The number of hydrogen-bond acceptors (Lipinski definition) is 3. The molecule has 5 heteroatoms. The first-order valence-electron chi connectivity index (χ1n) is 9.46. The van der Waals surface area contributed by atoms with Gasteiger partial charge in [0, 0.05) is 0 Å². The number of hydrogen-bond donors (Lipinski definition) is 0. The summed E-state index contributed by atoms with van der Waals surface area (Å²) in [5, 5.41) is 3.66. The Hall–Kier alpha value is 0.319. The van der Waals surface area contributed by atoms with Gasteiger partial charge < -0.3 is 0 Å². The van der Waals surface area contributed by atoms with Crippen LogP contribution in [-0.2, 0) is 0 Å². The van der Waals surface area contributed by atoms with Crippen LogP contribution < -0.4 is 3.71 Å². The van der Waals surface area contributed by atoms with E-state index in [2.05, 4.69) is 48.1 Å². The molecule has 0 N–H and O–H groups in total. The van der Waals surface area contributed by atoms with Gasteiger partial charge in [0.25, 0.3) is 0 Å². The van der Waals surface area contributed by atoms with Crippen molar-refractivity contribution in [2.45, 2.75) is 87.0 Å². The van der Waals surface area contributed by atoms with Crippen LogP contribution in [0.5, 0.6) is 0 Å². The Balaban J connectivity index is 2.27. The van der Waals surface area contributed by atoms with Crippen LogP contribution in [0.25, 0.3) is 4.83 Å². The minimum atomic E-state index is -0.659. The molecule has 0 saturated heterocycles. The second kappa shape index (κ2) is 10.5. The molecular formula is C19H32N2S2Sn. The van der Waals surface area contributed by atoms with Gasteiger partial charge in [-0.15, -0.1) is 0 Å². The van der Waals surface area contributed by atoms with E-state index in [1.54, 1.807) is 15.5 Å². The molecule has 2 nitrogen and oxygen atoms in total. The number of aromatic nitrogens is 2. The Kier molecular flexibility index (Phi) is 8.99. The standard InChI is InChI=1S/C13H27.C6H5N2S2.Sn/c1-4-7-10-13(11-8-5-2)12-9-6-3;1-9-5-6-8(4-7-5)2-3-10-6;/h4-12H2,1-3H3;3-4H,1H3;. The molecule has 0 aliphatic carbocycles. The molecule has 24 heavy (non-hydrogen) atoms. The van der Waals surface area contributed by atoms with Crippen LogP contribution in [0.4, 0.5) is 0 Å². The molecule has 0 aliphatic heterocycles. The van der Waals surface area contributed by atoms with Crippen LogP contribution in [0, 0.1) is 0 Å². The van der Waals surface area contributed by atoms with Crippen molar-refractivity contribution in [2.24, 2.45) is 0 Å². The van der Waals surface area contributed by atoms with Crippen molar-refractivity contribution in [1.29, 1.82) is 0 Å². The van der Waals surface area contributed by atoms with Gasteiger partial charge in [0.05, 0.1) is 0 Å². The zero-order valence-corrected chi connectivity index (χ0v) is 20.2. The number of unbranched alkanes of at least 4 members (excludes halogenated alkanes) is 3. The van der Waals surface area contributed by atoms with E-state index in [0.29, 0.717) is 3.43 Å². The molecule has 2 rings (SSSR count). The van der Waals surface area contributed by atoms with Crippen molar-refractivity contribution in [3.8, 4) is 0 Å². The van der Waals surface area contributed by atoms with Crippen LogP contribution in [0.3, 0.4) is 0 Å². The van der Waals surface area contributed by atoms with E-state index in [4.69, 9.17) is 0 Å². The van der Waals surface area contributed by atoms with E-state index in [-0.39, 0.29) is 0 Å². The third kappa shape index (κ3) is 5.16. The van der Waals surface area contributed by atoms with Gasteiger partial charge in [-0.1, -0.05) is 0 Å². The molecule has 0 aliphatic rings. The summed E-state index contributed by atoms with van der Waals surface area (Å²) >= 11 is 3.02. The Morgan fingerprint density at radius 2 is 1.67 bits per heavy atom. The van der Waals surface area contributed by atoms with E-state index in [0.717, 1.165) is 0 Å². The SMILES string of the molecule is CCCC[C](CCCC)(CCCC)[Sn][c]1csc2c(SC)ncn12. The molecule has 0 saturated carbocycles. The fourth-order valence-electron chi connectivity index (χ4n) is 3.38. The van der Waals surface area contributed by atoms with Crippen LogP contribution in [0.15, 0.2) is 16.7 Å². The summed E-state index contributed by atoms with van der Waals surface area (Å²) in [6.07, 6.45) is 16.8. The van der Waals surface area contributed by atoms with E-state index in [1.165, 1.54) is 67.6 Å². The molecule has 0 aromatic carbocycles. The molecule has 2 aromatic heterocycles. The van der Waals surface area contributed by atoms with Gasteiger partial charge in [-0.2, -0.15) is 0 Å². The topological polar surface area (TPSA) is 17.3 Å². The maximum atomic E-state index is 4.61. The van der Waals surface area contributed by atoms with Gasteiger partial charge >= 0.3 is 167 Å². The Morgan fingerprint density at radius 1 is 1.08 bits per heavy atom. The summed E-state index contributed by atoms with van der Waals surface area (Å²) < 4.78 is 4.74. The van der Waals surface area contributed by atoms with Crippen molar-refractivity contribution in [1.82, 2.24) is 9.38 Å². The molecule has 0 bridgehead atoms. The molecule has 0 amide bonds. The predicted octanol–water partition coefficient (Wildman–Crippen LogP) is 6.18. The van der Waals surface area contributed by atoms with Crippen LogP contribution >= 0.6 is 23.1 Å². The Morgan fingerprint density at radius 3 is 2.17 bits per heavy atom. The van der Waals surface area contributed by atoms with E-state index in [1.807, 2.05) is 11.3 Å². The third-order valence-electron chi connectivity index (χ3n) is 4.85.